The van der Waals surface area contributed by atoms with Crippen LogP contribution in [-0.4, -0.2) is 73.5 Å². The summed E-state index contributed by atoms with van der Waals surface area (Å²) in [6.45, 7) is 3.91. The summed E-state index contributed by atoms with van der Waals surface area (Å²) >= 11 is 0. The summed E-state index contributed by atoms with van der Waals surface area (Å²) in [6.07, 6.45) is -0.237. The standard InChI is InChI=1S/C23H29FN4O6/c1-13(2)9-18-22(30)26-17(21(29)25-11-20(32-3)33-4)12-28(18)23(31)16-10-19(34-27-16)14-5-7-15(24)8-6-14/h5-8,10,13,17-18,20H,9,11-12H2,1-4H3,(H,25,29)(H,26,30)/t17-,18+/m1/s1. The van der Waals surface area contributed by atoms with Gasteiger partial charge in [0.15, 0.2) is 17.7 Å². The molecular weight excluding hydrogens is 447 g/mol. The Kier molecular flexibility index (Phi) is 8.35. The molecule has 0 radical (unpaired) electrons. The van der Waals surface area contributed by atoms with Crippen molar-refractivity contribution in [3.8, 4) is 11.3 Å². The normalized spacial score (nSPS) is 18.3. The van der Waals surface area contributed by atoms with E-state index in [-0.39, 0.29) is 30.5 Å². The van der Waals surface area contributed by atoms with Gasteiger partial charge < -0.3 is 29.5 Å². The zero-order valence-corrected chi connectivity index (χ0v) is 19.5. The molecule has 1 aliphatic heterocycles. The molecule has 3 amide bonds. The second-order valence-corrected chi connectivity index (χ2v) is 8.39. The second-order valence-electron chi connectivity index (χ2n) is 8.39. The van der Waals surface area contributed by atoms with Crippen LogP contribution in [0.2, 0.25) is 0 Å². The van der Waals surface area contributed by atoms with E-state index in [9.17, 15) is 18.8 Å². The predicted molar refractivity (Wildman–Crippen MR) is 119 cm³/mol. The Labute approximate surface area is 196 Å². The molecule has 0 unspecified atom stereocenters. The van der Waals surface area contributed by atoms with E-state index >= 15 is 0 Å². The Bertz CT molecular complexity index is 1010. The minimum absolute atomic E-state index is 0.0132. The van der Waals surface area contributed by atoms with Crippen LogP contribution in [0.25, 0.3) is 11.3 Å². The molecule has 11 heteroatoms. The maximum absolute atomic E-state index is 13.4. The predicted octanol–water partition coefficient (Wildman–Crippen LogP) is 1.57. The minimum atomic E-state index is -0.960. The average Bonchev–Trinajstić information content (AvgIpc) is 3.30. The van der Waals surface area contributed by atoms with Crippen molar-refractivity contribution in [1.82, 2.24) is 20.7 Å². The molecule has 0 saturated carbocycles. The minimum Gasteiger partial charge on any atom is -0.355 e. The highest BCUT2D eigenvalue weighted by Crippen LogP contribution is 2.24. The number of halogens is 1. The van der Waals surface area contributed by atoms with E-state index in [1.165, 1.54) is 49.5 Å². The maximum Gasteiger partial charge on any atom is 0.276 e. The van der Waals surface area contributed by atoms with Gasteiger partial charge in [0.05, 0.1) is 13.1 Å². The number of carbonyl (C=O) groups excluding carboxylic acids is 3. The number of amides is 3. The van der Waals surface area contributed by atoms with Gasteiger partial charge in [0.25, 0.3) is 5.91 Å². The van der Waals surface area contributed by atoms with Gasteiger partial charge >= 0.3 is 0 Å². The van der Waals surface area contributed by atoms with Crippen LogP contribution in [0.4, 0.5) is 4.39 Å². The number of carbonyl (C=O) groups is 3. The summed E-state index contributed by atoms with van der Waals surface area (Å²) in [6, 6.07) is 5.26. The lowest BCUT2D eigenvalue weighted by Gasteiger charge is -2.39. The van der Waals surface area contributed by atoms with Crippen LogP contribution in [0.1, 0.15) is 30.8 Å². The zero-order chi connectivity index (χ0) is 24.8. The van der Waals surface area contributed by atoms with Crippen molar-refractivity contribution in [1.29, 1.82) is 0 Å². The smallest absolute Gasteiger partial charge is 0.276 e. The summed E-state index contributed by atoms with van der Waals surface area (Å²) < 4.78 is 28.6. The van der Waals surface area contributed by atoms with E-state index in [0.29, 0.717) is 12.0 Å². The van der Waals surface area contributed by atoms with Gasteiger partial charge in [-0.25, -0.2) is 4.39 Å². The number of nitrogens with one attached hydrogen (secondary N) is 2. The third-order valence-electron chi connectivity index (χ3n) is 5.47. The van der Waals surface area contributed by atoms with Gasteiger partial charge in [-0.1, -0.05) is 19.0 Å². The van der Waals surface area contributed by atoms with Crippen LogP contribution in [0, 0.1) is 11.7 Å². The molecule has 0 spiro atoms. The van der Waals surface area contributed by atoms with E-state index in [1.54, 1.807) is 0 Å². The molecule has 0 bridgehead atoms. The number of hydrogen-bond donors (Lipinski definition) is 2. The van der Waals surface area contributed by atoms with E-state index < -0.39 is 41.9 Å². The van der Waals surface area contributed by atoms with Crippen molar-refractivity contribution < 1.29 is 32.8 Å². The van der Waals surface area contributed by atoms with Gasteiger partial charge in [-0.05, 0) is 36.6 Å². The highest BCUT2D eigenvalue weighted by Gasteiger charge is 2.41. The summed E-state index contributed by atoms with van der Waals surface area (Å²) in [5, 5.41) is 9.21. The van der Waals surface area contributed by atoms with Gasteiger partial charge in [-0.2, -0.15) is 0 Å². The largest absolute Gasteiger partial charge is 0.355 e. The Morgan fingerprint density at radius 1 is 1.26 bits per heavy atom. The van der Waals surface area contributed by atoms with Crippen molar-refractivity contribution in [2.45, 2.75) is 38.6 Å². The van der Waals surface area contributed by atoms with Crippen LogP contribution < -0.4 is 10.6 Å². The van der Waals surface area contributed by atoms with Gasteiger partial charge in [0.2, 0.25) is 11.8 Å². The number of aromatic nitrogens is 1. The molecular formula is C23H29FN4O6. The molecule has 1 fully saturated rings. The highest BCUT2D eigenvalue weighted by molar-refractivity contribution is 5.99. The molecule has 184 valence electrons. The van der Waals surface area contributed by atoms with Gasteiger partial charge in [0.1, 0.15) is 17.9 Å². The fourth-order valence-electron chi connectivity index (χ4n) is 3.68. The van der Waals surface area contributed by atoms with Gasteiger partial charge in [-0.15, -0.1) is 0 Å². The Morgan fingerprint density at radius 2 is 1.94 bits per heavy atom. The van der Waals surface area contributed by atoms with Crippen molar-refractivity contribution in [2.75, 3.05) is 27.3 Å². The maximum atomic E-state index is 13.4. The monoisotopic (exact) mass is 476 g/mol. The third-order valence-corrected chi connectivity index (χ3v) is 5.47. The van der Waals surface area contributed by atoms with Gasteiger partial charge in [-0.3, -0.25) is 14.4 Å². The Hall–Kier alpha value is -3.31. The molecule has 3 rings (SSSR count). The van der Waals surface area contributed by atoms with E-state index in [1.807, 2.05) is 13.8 Å². The average molecular weight is 477 g/mol. The van der Waals surface area contributed by atoms with Crippen LogP contribution in [0.5, 0.6) is 0 Å². The summed E-state index contributed by atoms with van der Waals surface area (Å²) in [5.41, 5.74) is 0.534. The number of hydrogen-bond acceptors (Lipinski definition) is 7. The van der Waals surface area contributed by atoms with Gasteiger partial charge in [0, 0.05) is 25.8 Å². The number of piperazine rings is 1. The quantitative estimate of drug-likeness (QED) is 0.527. The molecule has 2 atom stereocenters. The molecule has 1 aliphatic rings. The van der Waals surface area contributed by atoms with E-state index in [2.05, 4.69) is 15.8 Å². The van der Waals surface area contributed by atoms with Crippen molar-refractivity contribution in [3.63, 3.8) is 0 Å². The van der Waals surface area contributed by atoms with Crippen LogP contribution in [-0.2, 0) is 19.1 Å². The molecule has 1 saturated heterocycles. The highest BCUT2D eigenvalue weighted by atomic mass is 19.1. The van der Waals surface area contributed by atoms with Crippen molar-refractivity contribution >= 4 is 17.7 Å². The first kappa shape index (κ1) is 25.3. The van der Waals surface area contributed by atoms with Crippen LogP contribution >= 0.6 is 0 Å². The topological polar surface area (TPSA) is 123 Å². The molecule has 1 aromatic heterocycles. The fraction of sp³-hybridized carbons (Fsp3) is 0.478. The second kappa shape index (κ2) is 11.2. The fourth-order valence-corrected chi connectivity index (χ4v) is 3.68. The summed E-state index contributed by atoms with van der Waals surface area (Å²) in [5.74, 6) is -1.44. The molecule has 2 aromatic rings. The van der Waals surface area contributed by atoms with Crippen molar-refractivity contribution in [2.24, 2.45) is 5.92 Å². The first-order valence-electron chi connectivity index (χ1n) is 10.9. The molecule has 10 nitrogen and oxygen atoms in total. The number of nitrogens with zero attached hydrogens (tertiary/aromatic N) is 2. The lowest BCUT2D eigenvalue weighted by molar-refractivity contribution is -0.138. The Morgan fingerprint density at radius 3 is 2.56 bits per heavy atom. The van der Waals surface area contributed by atoms with E-state index in [0.717, 1.165) is 0 Å². The van der Waals surface area contributed by atoms with Crippen molar-refractivity contribution in [3.05, 3.63) is 41.8 Å². The number of ether oxygens (including phenoxy) is 2. The molecule has 2 N–H and O–H groups in total. The van der Waals surface area contributed by atoms with Crippen LogP contribution in [0.3, 0.4) is 0 Å². The first-order chi connectivity index (χ1) is 16.2. The number of rotatable bonds is 9. The lowest BCUT2D eigenvalue weighted by Crippen LogP contribution is -2.65. The molecule has 0 aliphatic carbocycles. The Balaban J connectivity index is 1.80. The number of benzene rings is 1. The lowest BCUT2D eigenvalue weighted by atomic mass is 9.97. The first-order valence-corrected chi connectivity index (χ1v) is 10.9. The number of methoxy groups -OCH3 is 2. The van der Waals surface area contributed by atoms with Crippen LogP contribution in [0.15, 0.2) is 34.9 Å². The third kappa shape index (κ3) is 5.97. The van der Waals surface area contributed by atoms with E-state index in [4.69, 9.17) is 14.0 Å². The summed E-state index contributed by atoms with van der Waals surface area (Å²) in [7, 11) is 2.88. The molecule has 2 heterocycles. The SMILES string of the molecule is COC(CNC(=O)[C@H]1CN(C(=O)c2cc(-c3ccc(F)cc3)on2)[C@@H](CC(C)C)C(=O)N1)OC. The molecule has 1 aromatic carbocycles. The zero-order valence-electron chi connectivity index (χ0n) is 19.5. The summed E-state index contributed by atoms with van der Waals surface area (Å²) in [4.78, 5) is 40.3. The molecule has 34 heavy (non-hydrogen) atoms.